The fourth-order valence-corrected chi connectivity index (χ4v) is 2.28. The monoisotopic (exact) mass is 265 g/mol. The Morgan fingerprint density at radius 2 is 2.50 bits per heavy atom. The number of nitrogens with zero attached hydrogens (tertiary/aromatic N) is 4. The van der Waals surface area contributed by atoms with Crippen LogP contribution in [0.15, 0.2) is 28.4 Å². The normalized spacial score (nSPS) is 10.9. The van der Waals surface area contributed by atoms with E-state index in [0.29, 0.717) is 17.3 Å². The standard InChI is InChI=1S/C9H7N5O3S/c15-14(16)8-7(10-5-6-1-2-11-17-6)12-9-13(8)3-4-18-9/h1-4,10H,5H2. The van der Waals surface area contributed by atoms with Crippen molar-refractivity contribution in [1.82, 2.24) is 14.5 Å². The van der Waals surface area contributed by atoms with E-state index >= 15 is 0 Å². The Hall–Kier alpha value is -2.42. The smallest absolute Gasteiger partial charge is 0.360 e. The fraction of sp³-hybridized carbons (Fsp3) is 0.111. The summed E-state index contributed by atoms with van der Waals surface area (Å²) < 4.78 is 6.33. The van der Waals surface area contributed by atoms with E-state index in [4.69, 9.17) is 4.52 Å². The molecule has 1 N–H and O–H groups in total. The van der Waals surface area contributed by atoms with Gasteiger partial charge in [0.2, 0.25) is 5.82 Å². The molecule has 0 aromatic carbocycles. The Labute approximate surface area is 104 Å². The Morgan fingerprint density at radius 1 is 1.61 bits per heavy atom. The Bertz CT molecular complexity index is 686. The van der Waals surface area contributed by atoms with Gasteiger partial charge in [0.05, 0.1) is 12.7 Å². The second-order valence-electron chi connectivity index (χ2n) is 3.43. The minimum atomic E-state index is -0.463. The lowest BCUT2D eigenvalue weighted by Gasteiger charge is -1.99. The van der Waals surface area contributed by atoms with Crippen molar-refractivity contribution >= 4 is 27.9 Å². The molecule has 3 heterocycles. The molecule has 0 radical (unpaired) electrons. The average molecular weight is 265 g/mol. The molecule has 0 amide bonds. The number of aromatic nitrogens is 3. The molecule has 0 saturated carbocycles. The summed E-state index contributed by atoms with van der Waals surface area (Å²) in [6, 6.07) is 1.68. The van der Waals surface area contributed by atoms with E-state index in [-0.39, 0.29) is 11.6 Å². The van der Waals surface area contributed by atoms with E-state index in [1.807, 2.05) is 0 Å². The van der Waals surface area contributed by atoms with E-state index in [9.17, 15) is 10.1 Å². The number of nitro groups is 1. The lowest BCUT2D eigenvalue weighted by molar-refractivity contribution is -0.389. The van der Waals surface area contributed by atoms with Crippen LogP contribution in [0.2, 0.25) is 0 Å². The number of rotatable bonds is 4. The molecule has 3 aromatic heterocycles. The lowest BCUT2D eigenvalue weighted by atomic mass is 10.4. The molecule has 92 valence electrons. The number of anilines is 1. The molecular weight excluding hydrogens is 258 g/mol. The van der Waals surface area contributed by atoms with E-state index in [1.165, 1.54) is 21.9 Å². The van der Waals surface area contributed by atoms with Gasteiger partial charge in [-0.25, -0.2) is 0 Å². The van der Waals surface area contributed by atoms with Gasteiger partial charge in [-0.15, -0.1) is 0 Å². The van der Waals surface area contributed by atoms with Crippen molar-refractivity contribution in [2.75, 3.05) is 5.32 Å². The van der Waals surface area contributed by atoms with Crippen molar-refractivity contribution in [3.05, 3.63) is 39.7 Å². The van der Waals surface area contributed by atoms with E-state index in [2.05, 4.69) is 15.5 Å². The number of hydrogen-bond donors (Lipinski definition) is 1. The highest BCUT2D eigenvalue weighted by molar-refractivity contribution is 7.15. The number of fused-ring (bicyclic) bond motifs is 1. The molecular formula is C9H7N5O3S. The van der Waals surface area contributed by atoms with Gasteiger partial charge in [-0.3, -0.25) is 0 Å². The molecule has 0 aliphatic carbocycles. The zero-order chi connectivity index (χ0) is 12.5. The Morgan fingerprint density at radius 3 is 3.22 bits per heavy atom. The summed E-state index contributed by atoms with van der Waals surface area (Å²) in [6.45, 7) is 0.297. The van der Waals surface area contributed by atoms with Crippen LogP contribution in [-0.4, -0.2) is 19.5 Å². The summed E-state index contributed by atoms with van der Waals surface area (Å²) in [6.07, 6.45) is 3.13. The molecule has 0 bridgehead atoms. The van der Waals surface area contributed by atoms with Crippen LogP contribution in [0.25, 0.3) is 4.96 Å². The summed E-state index contributed by atoms with van der Waals surface area (Å²) in [4.78, 5) is 15.3. The van der Waals surface area contributed by atoms with Gasteiger partial charge in [-0.2, -0.15) is 9.38 Å². The molecule has 8 nitrogen and oxygen atoms in total. The third kappa shape index (κ3) is 1.70. The maximum absolute atomic E-state index is 11.0. The Balaban J connectivity index is 1.93. The van der Waals surface area contributed by atoms with Crippen molar-refractivity contribution in [3.8, 4) is 0 Å². The first-order valence-electron chi connectivity index (χ1n) is 4.99. The molecule has 0 aliphatic heterocycles. The minimum absolute atomic E-state index is 0.0780. The van der Waals surface area contributed by atoms with Gasteiger partial charge in [-0.05, 0) is 4.92 Å². The quantitative estimate of drug-likeness (QED) is 0.571. The van der Waals surface area contributed by atoms with Crippen LogP contribution in [0.4, 0.5) is 11.6 Å². The van der Waals surface area contributed by atoms with Crippen LogP contribution in [0.3, 0.4) is 0 Å². The van der Waals surface area contributed by atoms with Gasteiger partial charge in [0.15, 0.2) is 5.76 Å². The molecule has 9 heteroatoms. The molecule has 18 heavy (non-hydrogen) atoms. The van der Waals surface area contributed by atoms with E-state index < -0.39 is 4.92 Å². The maximum Gasteiger partial charge on any atom is 0.372 e. The molecule has 3 rings (SSSR count). The number of imidazole rings is 1. The molecule has 0 fully saturated rings. The number of thiazole rings is 1. The van der Waals surface area contributed by atoms with Crippen LogP contribution < -0.4 is 5.32 Å². The Kier molecular flexibility index (Phi) is 2.45. The highest BCUT2D eigenvalue weighted by atomic mass is 32.1. The van der Waals surface area contributed by atoms with E-state index in [0.717, 1.165) is 0 Å². The first-order chi connectivity index (χ1) is 8.75. The molecule has 0 spiro atoms. The van der Waals surface area contributed by atoms with Crippen LogP contribution >= 0.6 is 11.3 Å². The molecule has 0 saturated heterocycles. The van der Waals surface area contributed by atoms with Crippen molar-refractivity contribution in [3.63, 3.8) is 0 Å². The topological polar surface area (TPSA) is 98.5 Å². The largest absolute Gasteiger partial charge is 0.372 e. The third-order valence-corrected chi connectivity index (χ3v) is 3.09. The molecule has 0 atom stereocenters. The van der Waals surface area contributed by atoms with Gasteiger partial charge >= 0.3 is 5.82 Å². The maximum atomic E-state index is 11.0. The zero-order valence-corrected chi connectivity index (χ0v) is 9.75. The summed E-state index contributed by atoms with van der Waals surface area (Å²) >= 11 is 1.33. The summed E-state index contributed by atoms with van der Waals surface area (Å²) in [7, 11) is 0. The van der Waals surface area contributed by atoms with Crippen LogP contribution in [0.5, 0.6) is 0 Å². The van der Waals surface area contributed by atoms with Crippen molar-refractivity contribution < 1.29 is 9.45 Å². The lowest BCUT2D eigenvalue weighted by Crippen LogP contribution is -2.02. The highest BCUT2D eigenvalue weighted by Gasteiger charge is 2.23. The van der Waals surface area contributed by atoms with Gasteiger partial charge < -0.3 is 20.0 Å². The van der Waals surface area contributed by atoms with Gasteiger partial charge in [0.25, 0.3) is 4.96 Å². The third-order valence-electron chi connectivity index (χ3n) is 2.33. The molecule has 3 aromatic rings. The molecule has 0 aliphatic rings. The van der Waals surface area contributed by atoms with Crippen molar-refractivity contribution in [1.29, 1.82) is 0 Å². The van der Waals surface area contributed by atoms with Crippen LogP contribution in [0.1, 0.15) is 5.76 Å². The predicted octanol–water partition coefficient (Wildman–Crippen LogP) is 1.90. The van der Waals surface area contributed by atoms with Gasteiger partial charge in [0.1, 0.15) is 6.20 Å². The zero-order valence-electron chi connectivity index (χ0n) is 8.94. The van der Waals surface area contributed by atoms with Crippen molar-refractivity contribution in [2.45, 2.75) is 6.54 Å². The highest BCUT2D eigenvalue weighted by Crippen LogP contribution is 2.28. The second-order valence-corrected chi connectivity index (χ2v) is 4.30. The number of hydrogen-bond acceptors (Lipinski definition) is 7. The predicted molar refractivity (Wildman–Crippen MR) is 63.6 cm³/mol. The van der Waals surface area contributed by atoms with Crippen LogP contribution in [0, 0.1) is 10.1 Å². The average Bonchev–Trinajstić information content (AvgIpc) is 3.01. The fourth-order valence-electron chi connectivity index (χ4n) is 1.57. The summed E-state index contributed by atoms with van der Waals surface area (Å²) in [5, 5.41) is 19.2. The molecule has 0 unspecified atom stereocenters. The summed E-state index contributed by atoms with van der Waals surface area (Å²) in [5.74, 6) is 0.731. The minimum Gasteiger partial charge on any atom is -0.360 e. The second kappa shape index (κ2) is 4.11. The first-order valence-corrected chi connectivity index (χ1v) is 5.87. The SMILES string of the molecule is O=[N+]([O-])c1c(NCc2ccno2)nc2sccn12. The van der Waals surface area contributed by atoms with Crippen molar-refractivity contribution in [2.24, 2.45) is 0 Å². The summed E-state index contributed by atoms with van der Waals surface area (Å²) in [5.41, 5.74) is 0. The number of nitrogens with one attached hydrogen (secondary N) is 1. The van der Waals surface area contributed by atoms with Gasteiger partial charge in [0, 0.05) is 11.4 Å². The van der Waals surface area contributed by atoms with Crippen LogP contribution in [-0.2, 0) is 6.54 Å². The first kappa shape index (κ1) is 10.7. The van der Waals surface area contributed by atoms with E-state index in [1.54, 1.807) is 17.6 Å². The van der Waals surface area contributed by atoms with Gasteiger partial charge in [-0.1, -0.05) is 16.5 Å².